The number of hydrogen-bond acceptors (Lipinski definition) is 4. The monoisotopic (exact) mass is 282 g/mol. The molecule has 1 unspecified atom stereocenters. The van der Waals surface area contributed by atoms with Crippen molar-refractivity contribution in [3.05, 3.63) is 47.3 Å². The standard InChI is InChI=1S/C17H22N4/c1-11(2)15-16(18-3)20-10-21-17(15)19-9-13-8-12-6-4-5-7-14(12)13/h4-7,10-11,13H,8-9H2,1-3H3,(H2,18,19,20,21). The molecule has 1 aliphatic rings. The molecule has 0 saturated heterocycles. The molecule has 3 rings (SSSR count). The van der Waals surface area contributed by atoms with Gasteiger partial charge in [-0.1, -0.05) is 38.1 Å². The predicted octanol–water partition coefficient (Wildman–Crippen LogP) is 3.39. The topological polar surface area (TPSA) is 49.8 Å². The largest absolute Gasteiger partial charge is 0.373 e. The average molecular weight is 282 g/mol. The van der Waals surface area contributed by atoms with Gasteiger partial charge in [-0.2, -0.15) is 0 Å². The number of benzene rings is 1. The molecule has 0 fully saturated rings. The predicted molar refractivity (Wildman–Crippen MR) is 87.0 cm³/mol. The smallest absolute Gasteiger partial charge is 0.135 e. The normalized spacial score (nSPS) is 16.3. The fourth-order valence-electron chi connectivity index (χ4n) is 3.05. The first kappa shape index (κ1) is 13.9. The van der Waals surface area contributed by atoms with E-state index in [0.717, 1.165) is 30.2 Å². The Kier molecular flexibility index (Phi) is 3.78. The van der Waals surface area contributed by atoms with Crippen LogP contribution in [0.3, 0.4) is 0 Å². The fraction of sp³-hybridized carbons (Fsp3) is 0.412. The third kappa shape index (κ3) is 2.58. The molecule has 4 heteroatoms. The molecule has 2 N–H and O–H groups in total. The Morgan fingerprint density at radius 3 is 2.67 bits per heavy atom. The van der Waals surface area contributed by atoms with Crippen molar-refractivity contribution in [3.63, 3.8) is 0 Å². The van der Waals surface area contributed by atoms with E-state index >= 15 is 0 Å². The van der Waals surface area contributed by atoms with Crippen molar-refractivity contribution in [2.75, 3.05) is 24.2 Å². The van der Waals surface area contributed by atoms with Gasteiger partial charge in [0.1, 0.15) is 18.0 Å². The molecule has 0 bridgehead atoms. The fourth-order valence-corrected chi connectivity index (χ4v) is 3.05. The maximum Gasteiger partial charge on any atom is 0.135 e. The summed E-state index contributed by atoms with van der Waals surface area (Å²) in [6, 6.07) is 8.68. The molecule has 1 aliphatic carbocycles. The molecule has 0 spiro atoms. The van der Waals surface area contributed by atoms with Crippen molar-refractivity contribution in [3.8, 4) is 0 Å². The van der Waals surface area contributed by atoms with Crippen LogP contribution >= 0.6 is 0 Å². The van der Waals surface area contributed by atoms with Crippen molar-refractivity contribution in [2.45, 2.75) is 32.1 Å². The van der Waals surface area contributed by atoms with Gasteiger partial charge in [-0.05, 0) is 23.5 Å². The second-order valence-electron chi connectivity index (χ2n) is 5.87. The van der Waals surface area contributed by atoms with Crippen LogP contribution in [0, 0.1) is 0 Å². The highest BCUT2D eigenvalue weighted by molar-refractivity contribution is 5.59. The molecule has 0 radical (unpaired) electrons. The summed E-state index contributed by atoms with van der Waals surface area (Å²) in [7, 11) is 1.90. The van der Waals surface area contributed by atoms with Gasteiger partial charge in [-0.3, -0.25) is 0 Å². The minimum absolute atomic E-state index is 0.379. The van der Waals surface area contributed by atoms with Gasteiger partial charge in [0.05, 0.1) is 0 Å². The highest BCUT2D eigenvalue weighted by Crippen LogP contribution is 2.35. The number of anilines is 2. The van der Waals surface area contributed by atoms with Crippen LogP contribution in [-0.4, -0.2) is 23.6 Å². The molecule has 0 amide bonds. The lowest BCUT2D eigenvalue weighted by atomic mass is 9.77. The molecule has 2 aromatic rings. The van der Waals surface area contributed by atoms with Crippen molar-refractivity contribution >= 4 is 11.6 Å². The van der Waals surface area contributed by atoms with Crippen LogP contribution < -0.4 is 10.6 Å². The summed E-state index contributed by atoms with van der Waals surface area (Å²) in [4.78, 5) is 8.75. The Morgan fingerprint density at radius 2 is 1.95 bits per heavy atom. The van der Waals surface area contributed by atoms with E-state index in [9.17, 15) is 0 Å². The Labute approximate surface area is 126 Å². The van der Waals surface area contributed by atoms with Gasteiger partial charge in [-0.15, -0.1) is 0 Å². The number of fused-ring (bicyclic) bond motifs is 1. The summed E-state index contributed by atoms with van der Waals surface area (Å²) >= 11 is 0. The van der Waals surface area contributed by atoms with Crippen LogP contribution in [0.5, 0.6) is 0 Å². The molecular formula is C17H22N4. The van der Waals surface area contributed by atoms with E-state index in [4.69, 9.17) is 0 Å². The van der Waals surface area contributed by atoms with E-state index in [0.29, 0.717) is 11.8 Å². The van der Waals surface area contributed by atoms with Crippen LogP contribution in [0.25, 0.3) is 0 Å². The number of nitrogens with one attached hydrogen (secondary N) is 2. The Balaban J connectivity index is 1.75. The first-order valence-corrected chi connectivity index (χ1v) is 7.55. The Morgan fingerprint density at radius 1 is 1.19 bits per heavy atom. The SMILES string of the molecule is CNc1ncnc(NCC2Cc3ccccc32)c1C(C)C. The minimum Gasteiger partial charge on any atom is -0.373 e. The average Bonchev–Trinajstić information content (AvgIpc) is 2.47. The molecular weight excluding hydrogens is 260 g/mol. The Hall–Kier alpha value is -2.10. The van der Waals surface area contributed by atoms with Gasteiger partial charge < -0.3 is 10.6 Å². The van der Waals surface area contributed by atoms with Gasteiger partial charge in [0.15, 0.2) is 0 Å². The summed E-state index contributed by atoms with van der Waals surface area (Å²) in [5, 5.41) is 6.68. The van der Waals surface area contributed by atoms with Gasteiger partial charge in [0.25, 0.3) is 0 Å². The maximum atomic E-state index is 4.43. The van der Waals surface area contributed by atoms with Crippen LogP contribution in [0.15, 0.2) is 30.6 Å². The van der Waals surface area contributed by atoms with E-state index < -0.39 is 0 Å². The van der Waals surface area contributed by atoms with Gasteiger partial charge in [0, 0.05) is 25.1 Å². The second kappa shape index (κ2) is 5.72. The lowest BCUT2D eigenvalue weighted by Crippen LogP contribution is -2.25. The van der Waals surface area contributed by atoms with E-state index in [1.165, 1.54) is 11.1 Å². The van der Waals surface area contributed by atoms with E-state index in [2.05, 4.69) is 58.7 Å². The van der Waals surface area contributed by atoms with Crippen molar-refractivity contribution in [1.82, 2.24) is 9.97 Å². The molecule has 21 heavy (non-hydrogen) atoms. The molecule has 1 heterocycles. The molecule has 0 saturated carbocycles. The highest BCUT2D eigenvalue weighted by Gasteiger charge is 2.25. The van der Waals surface area contributed by atoms with Crippen molar-refractivity contribution < 1.29 is 0 Å². The summed E-state index contributed by atoms with van der Waals surface area (Å²) < 4.78 is 0. The summed E-state index contributed by atoms with van der Waals surface area (Å²) in [5.41, 5.74) is 4.11. The van der Waals surface area contributed by atoms with Gasteiger partial charge in [-0.25, -0.2) is 9.97 Å². The molecule has 110 valence electrons. The van der Waals surface area contributed by atoms with Crippen LogP contribution in [-0.2, 0) is 6.42 Å². The molecule has 4 nitrogen and oxygen atoms in total. The maximum absolute atomic E-state index is 4.43. The summed E-state index contributed by atoms with van der Waals surface area (Å²) in [6.07, 6.45) is 2.78. The zero-order valence-corrected chi connectivity index (χ0v) is 12.9. The molecule has 1 aromatic carbocycles. The number of rotatable bonds is 5. The third-order valence-corrected chi connectivity index (χ3v) is 4.18. The summed E-state index contributed by atoms with van der Waals surface area (Å²) in [6.45, 7) is 5.27. The second-order valence-corrected chi connectivity index (χ2v) is 5.87. The van der Waals surface area contributed by atoms with E-state index in [1.807, 2.05) is 7.05 Å². The molecule has 0 aliphatic heterocycles. The van der Waals surface area contributed by atoms with Crippen LogP contribution in [0.4, 0.5) is 11.6 Å². The van der Waals surface area contributed by atoms with E-state index in [1.54, 1.807) is 6.33 Å². The quantitative estimate of drug-likeness (QED) is 0.882. The lowest BCUT2D eigenvalue weighted by Gasteiger charge is -2.30. The number of aromatic nitrogens is 2. The molecule has 1 atom stereocenters. The first-order valence-electron chi connectivity index (χ1n) is 7.55. The van der Waals surface area contributed by atoms with Crippen molar-refractivity contribution in [2.24, 2.45) is 0 Å². The zero-order valence-electron chi connectivity index (χ0n) is 12.9. The van der Waals surface area contributed by atoms with Crippen LogP contribution in [0.1, 0.15) is 42.4 Å². The van der Waals surface area contributed by atoms with Gasteiger partial charge >= 0.3 is 0 Å². The lowest BCUT2D eigenvalue weighted by molar-refractivity contribution is 0.633. The highest BCUT2D eigenvalue weighted by atomic mass is 15.1. The van der Waals surface area contributed by atoms with Gasteiger partial charge in [0.2, 0.25) is 0 Å². The zero-order chi connectivity index (χ0) is 14.8. The van der Waals surface area contributed by atoms with E-state index in [-0.39, 0.29) is 0 Å². The molecule has 1 aromatic heterocycles. The Bertz CT molecular complexity index is 636. The third-order valence-electron chi connectivity index (χ3n) is 4.18. The van der Waals surface area contributed by atoms with Crippen molar-refractivity contribution in [1.29, 1.82) is 0 Å². The minimum atomic E-state index is 0.379. The first-order chi connectivity index (χ1) is 10.2. The number of nitrogens with zero attached hydrogens (tertiary/aromatic N) is 2. The summed E-state index contributed by atoms with van der Waals surface area (Å²) in [5.74, 6) is 2.84. The van der Waals surface area contributed by atoms with Crippen LogP contribution in [0.2, 0.25) is 0 Å². The number of hydrogen-bond donors (Lipinski definition) is 2.